The number of ether oxygens (including phenoxy) is 1. The summed E-state index contributed by atoms with van der Waals surface area (Å²) in [5.41, 5.74) is 1.59. The third kappa shape index (κ3) is 3.36. The predicted octanol–water partition coefficient (Wildman–Crippen LogP) is 2.46. The lowest BCUT2D eigenvalue weighted by molar-refractivity contribution is 0.0646. The maximum absolute atomic E-state index is 12.7. The van der Waals surface area contributed by atoms with Crippen LogP contribution in [0.15, 0.2) is 40.9 Å². The summed E-state index contributed by atoms with van der Waals surface area (Å²) in [5, 5.41) is 3.86. The second-order valence-electron chi connectivity index (χ2n) is 5.57. The number of rotatable bonds is 5. The van der Waals surface area contributed by atoms with Gasteiger partial charge >= 0.3 is 0 Å². The first-order valence-corrected chi connectivity index (χ1v) is 7.60. The quantitative estimate of drug-likeness (QED) is 0.851. The van der Waals surface area contributed by atoms with Gasteiger partial charge in [0.05, 0.1) is 12.6 Å². The fourth-order valence-corrected chi connectivity index (χ4v) is 2.73. The van der Waals surface area contributed by atoms with Crippen molar-refractivity contribution >= 4 is 5.91 Å². The molecule has 0 N–H and O–H groups in total. The van der Waals surface area contributed by atoms with Crippen LogP contribution in [-0.4, -0.2) is 41.8 Å². The van der Waals surface area contributed by atoms with Gasteiger partial charge in [-0.15, -0.1) is 0 Å². The molecule has 5 heteroatoms. The van der Waals surface area contributed by atoms with Crippen molar-refractivity contribution in [1.82, 2.24) is 10.1 Å². The zero-order chi connectivity index (χ0) is 15.4. The summed E-state index contributed by atoms with van der Waals surface area (Å²) in [7, 11) is 0. The largest absolute Gasteiger partial charge is 0.379 e. The number of benzene rings is 1. The molecular formula is C17H20N2O3. The number of carbonyl (C=O) groups excluding carboxylic acids is 1. The number of aromatic nitrogens is 1. The van der Waals surface area contributed by atoms with Crippen molar-refractivity contribution in [2.75, 3.05) is 19.8 Å². The lowest BCUT2D eigenvalue weighted by Gasteiger charge is -2.27. The Balaban J connectivity index is 1.73. The first-order valence-electron chi connectivity index (χ1n) is 7.60. The van der Waals surface area contributed by atoms with Crippen LogP contribution in [0.25, 0.3) is 0 Å². The summed E-state index contributed by atoms with van der Waals surface area (Å²) in [6.45, 7) is 3.74. The Kier molecular flexibility index (Phi) is 4.53. The Labute approximate surface area is 129 Å². The summed E-state index contributed by atoms with van der Waals surface area (Å²) in [6, 6.07) is 12.0. The van der Waals surface area contributed by atoms with Gasteiger partial charge in [-0.1, -0.05) is 35.5 Å². The van der Waals surface area contributed by atoms with Crippen molar-refractivity contribution in [3.63, 3.8) is 0 Å². The average molecular weight is 300 g/mol. The molecule has 5 nitrogen and oxygen atoms in total. The van der Waals surface area contributed by atoms with Crippen molar-refractivity contribution in [1.29, 1.82) is 0 Å². The SMILES string of the molecule is Cc1cc(C(=O)N(CCc2ccccc2)[C@H]2CCOC2)no1. The minimum Gasteiger partial charge on any atom is -0.379 e. The van der Waals surface area contributed by atoms with E-state index in [4.69, 9.17) is 9.26 Å². The molecule has 1 aromatic heterocycles. The summed E-state index contributed by atoms with van der Waals surface area (Å²) >= 11 is 0. The highest BCUT2D eigenvalue weighted by atomic mass is 16.5. The third-order valence-electron chi connectivity index (χ3n) is 3.94. The van der Waals surface area contributed by atoms with E-state index in [0.29, 0.717) is 31.2 Å². The summed E-state index contributed by atoms with van der Waals surface area (Å²) < 4.78 is 10.5. The number of amides is 1. The highest BCUT2D eigenvalue weighted by Crippen LogP contribution is 2.17. The van der Waals surface area contributed by atoms with Gasteiger partial charge in [0.1, 0.15) is 5.76 Å². The molecule has 1 aliphatic heterocycles. The zero-order valence-corrected chi connectivity index (χ0v) is 12.7. The van der Waals surface area contributed by atoms with Crippen molar-refractivity contribution in [2.45, 2.75) is 25.8 Å². The van der Waals surface area contributed by atoms with E-state index in [2.05, 4.69) is 17.3 Å². The van der Waals surface area contributed by atoms with Crippen molar-refractivity contribution in [2.24, 2.45) is 0 Å². The van der Waals surface area contributed by atoms with Crippen LogP contribution in [0.3, 0.4) is 0 Å². The highest BCUT2D eigenvalue weighted by molar-refractivity contribution is 5.92. The van der Waals surface area contributed by atoms with Crippen LogP contribution in [0.2, 0.25) is 0 Å². The Morgan fingerprint density at radius 1 is 1.36 bits per heavy atom. The first-order chi connectivity index (χ1) is 10.7. The molecule has 0 bridgehead atoms. The van der Waals surface area contributed by atoms with E-state index < -0.39 is 0 Å². The molecule has 0 saturated carbocycles. The van der Waals surface area contributed by atoms with E-state index in [9.17, 15) is 4.79 Å². The van der Waals surface area contributed by atoms with Gasteiger partial charge in [-0.05, 0) is 25.3 Å². The molecule has 3 rings (SSSR count). The smallest absolute Gasteiger partial charge is 0.276 e. The standard InChI is InChI=1S/C17H20N2O3/c1-13-11-16(18-22-13)17(20)19(15-8-10-21-12-15)9-7-14-5-3-2-4-6-14/h2-6,11,15H,7-10,12H2,1H3/t15-/m0/s1. The van der Waals surface area contributed by atoms with Crippen molar-refractivity contribution in [3.05, 3.63) is 53.4 Å². The Morgan fingerprint density at radius 2 is 2.18 bits per heavy atom. The van der Waals surface area contributed by atoms with Crippen LogP contribution >= 0.6 is 0 Å². The van der Waals surface area contributed by atoms with Gasteiger partial charge in [0, 0.05) is 19.2 Å². The normalized spacial score (nSPS) is 17.6. The van der Waals surface area contributed by atoms with Gasteiger partial charge in [0.2, 0.25) is 0 Å². The van der Waals surface area contributed by atoms with Gasteiger partial charge < -0.3 is 14.2 Å². The Morgan fingerprint density at radius 3 is 2.82 bits per heavy atom. The third-order valence-corrected chi connectivity index (χ3v) is 3.94. The minimum absolute atomic E-state index is 0.0803. The molecule has 1 fully saturated rings. The molecule has 0 aliphatic carbocycles. The van der Waals surface area contributed by atoms with Crippen LogP contribution in [0.4, 0.5) is 0 Å². The van der Waals surface area contributed by atoms with Gasteiger partial charge in [-0.2, -0.15) is 0 Å². The molecular weight excluding hydrogens is 280 g/mol. The second-order valence-corrected chi connectivity index (χ2v) is 5.57. The predicted molar refractivity (Wildman–Crippen MR) is 81.6 cm³/mol. The van der Waals surface area contributed by atoms with Gasteiger partial charge in [0.15, 0.2) is 5.69 Å². The van der Waals surface area contributed by atoms with Crippen molar-refractivity contribution in [3.8, 4) is 0 Å². The van der Waals surface area contributed by atoms with Crippen LogP contribution in [-0.2, 0) is 11.2 Å². The molecule has 0 spiro atoms. The van der Waals surface area contributed by atoms with E-state index in [1.807, 2.05) is 23.1 Å². The molecule has 0 unspecified atom stereocenters. The molecule has 116 valence electrons. The van der Waals surface area contributed by atoms with E-state index in [1.165, 1.54) is 5.56 Å². The fraction of sp³-hybridized carbons (Fsp3) is 0.412. The highest BCUT2D eigenvalue weighted by Gasteiger charge is 2.29. The molecule has 1 atom stereocenters. The summed E-state index contributed by atoms with van der Waals surface area (Å²) in [6.07, 6.45) is 1.69. The fourth-order valence-electron chi connectivity index (χ4n) is 2.73. The molecule has 0 radical (unpaired) electrons. The molecule has 2 heterocycles. The summed E-state index contributed by atoms with van der Waals surface area (Å²) in [4.78, 5) is 14.6. The number of nitrogens with zero attached hydrogens (tertiary/aromatic N) is 2. The van der Waals surface area contributed by atoms with Gasteiger partial charge in [-0.3, -0.25) is 4.79 Å². The van der Waals surface area contributed by atoms with E-state index in [-0.39, 0.29) is 11.9 Å². The van der Waals surface area contributed by atoms with Crippen LogP contribution < -0.4 is 0 Å². The maximum Gasteiger partial charge on any atom is 0.276 e. The van der Waals surface area contributed by atoms with Crippen LogP contribution in [0, 0.1) is 6.92 Å². The molecule has 1 saturated heterocycles. The van der Waals surface area contributed by atoms with E-state index >= 15 is 0 Å². The number of carbonyl (C=O) groups is 1. The van der Waals surface area contributed by atoms with E-state index in [1.54, 1.807) is 13.0 Å². The zero-order valence-electron chi connectivity index (χ0n) is 12.7. The van der Waals surface area contributed by atoms with Gasteiger partial charge in [-0.25, -0.2) is 0 Å². The number of hydrogen-bond acceptors (Lipinski definition) is 4. The molecule has 1 aromatic carbocycles. The lowest BCUT2D eigenvalue weighted by atomic mass is 10.1. The topological polar surface area (TPSA) is 55.6 Å². The van der Waals surface area contributed by atoms with Gasteiger partial charge in [0.25, 0.3) is 5.91 Å². The molecule has 22 heavy (non-hydrogen) atoms. The maximum atomic E-state index is 12.7. The monoisotopic (exact) mass is 300 g/mol. The Bertz CT molecular complexity index is 618. The summed E-state index contributed by atoms with van der Waals surface area (Å²) in [5.74, 6) is 0.567. The van der Waals surface area contributed by atoms with E-state index in [0.717, 1.165) is 12.8 Å². The number of hydrogen-bond donors (Lipinski definition) is 0. The van der Waals surface area contributed by atoms with Crippen molar-refractivity contribution < 1.29 is 14.1 Å². The molecule has 1 aliphatic rings. The average Bonchev–Trinajstić information content (AvgIpc) is 3.20. The molecule has 1 amide bonds. The minimum atomic E-state index is -0.0803. The van der Waals surface area contributed by atoms with Crippen LogP contribution in [0.1, 0.15) is 28.2 Å². The van der Waals surface area contributed by atoms with Crippen LogP contribution in [0.5, 0.6) is 0 Å². The number of aryl methyl sites for hydroxylation is 1. The Hall–Kier alpha value is -2.14. The first kappa shape index (κ1) is 14.8. The molecule has 2 aromatic rings. The lowest BCUT2D eigenvalue weighted by Crippen LogP contribution is -2.42. The second kappa shape index (κ2) is 6.75.